The van der Waals surface area contributed by atoms with Gasteiger partial charge in [-0.3, -0.25) is 9.36 Å². The van der Waals surface area contributed by atoms with Gasteiger partial charge in [-0.05, 0) is 0 Å². The van der Waals surface area contributed by atoms with Crippen molar-refractivity contribution in [3.05, 3.63) is 46.8 Å². The molecule has 0 aliphatic carbocycles. The molecule has 0 radical (unpaired) electrons. The number of methoxy groups -OCH3 is 1. The fourth-order valence-electron chi connectivity index (χ4n) is 2.44. The van der Waals surface area contributed by atoms with Crippen LogP contribution in [0.3, 0.4) is 0 Å². The Morgan fingerprint density at radius 1 is 1.25 bits per heavy atom. The van der Waals surface area contributed by atoms with Gasteiger partial charge in [0.25, 0.3) is 5.56 Å². The minimum atomic E-state index is 0.00812. The summed E-state index contributed by atoms with van der Waals surface area (Å²) in [5, 5.41) is 0. The number of nitrogens with zero attached hydrogens (tertiary/aromatic N) is 3. The SMILES string of the molecule is COCCN1CCn2c1nc(-c1ccccc1)cc2=O. The van der Waals surface area contributed by atoms with Gasteiger partial charge in [0.1, 0.15) is 0 Å². The quantitative estimate of drug-likeness (QED) is 0.843. The zero-order valence-electron chi connectivity index (χ0n) is 11.5. The van der Waals surface area contributed by atoms with Crippen molar-refractivity contribution in [1.82, 2.24) is 9.55 Å². The predicted molar refractivity (Wildman–Crippen MR) is 78.0 cm³/mol. The topological polar surface area (TPSA) is 47.4 Å². The average molecular weight is 271 g/mol. The van der Waals surface area contributed by atoms with Gasteiger partial charge < -0.3 is 9.64 Å². The van der Waals surface area contributed by atoms with Crippen molar-refractivity contribution in [2.75, 3.05) is 31.7 Å². The lowest BCUT2D eigenvalue weighted by atomic mass is 10.1. The second-order valence-corrected chi connectivity index (χ2v) is 4.78. The molecule has 0 amide bonds. The smallest absolute Gasteiger partial charge is 0.255 e. The molecule has 0 fully saturated rings. The molecule has 104 valence electrons. The van der Waals surface area contributed by atoms with Crippen molar-refractivity contribution in [3.8, 4) is 11.3 Å². The molecule has 0 saturated carbocycles. The predicted octanol–water partition coefficient (Wildman–Crippen LogP) is 1.38. The molecule has 1 aromatic carbocycles. The standard InChI is InChI=1S/C15H17N3O2/c1-20-10-9-17-7-8-18-14(19)11-13(16-15(17)18)12-5-3-2-4-6-12/h2-6,11H,7-10H2,1H3. The van der Waals surface area contributed by atoms with Gasteiger partial charge in [-0.1, -0.05) is 30.3 Å². The van der Waals surface area contributed by atoms with Gasteiger partial charge in [0, 0.05) is 38.4 Å². The van der Waals surface area contributed by atoms with E-state index in [0.717, 1.165) is 30.3 Å². The molecule has 0 atom stereocenters. The molecule has 0 saturated heterocycles. The zero-order valence-corrected chi connectivity index (χ0v) is 11.5. The highest BCUT2D eigenvalue weighted by atomic mass is 16.5. The van der Waals surface area contributed by atoms with E-state index in [1.54, 1.807) is 17.7 Å². The van der Waals surface area contributed by atoms with Crippen LogP contribution in [0.25, 0.3) is 11.3 Å². The van der Waals surface area contributed by atoms with E-state index in [-0.39, 0.29) is 5.56 Å². The van der Waals surface area contributed by atoms with E-state index in [1.807, 2.05) is 30.3 Å². The van der Waals surface area contributed by atoms with Crippen molar-refractivity contribution in [3.63, 3.8) is 0 Å². The summed E-state index contributed by atoms with van der Waals surface area (Å²) in [5.74, 6) is 0.744. The summed E-state index contributed by atoms with van der Waals surface area (Å²) >= 11 is 0. The number of rotatable bonds is 4. The second-order valence-electron chi connectivity index (χ2n) is 4.78. The largest absolute Gasteiger partial charge is 0.383 e. The maximum Gasteiger partial charge on any atom is 0.255 e. The summed E-state index contributed by atoms with van der Waals surface area (Å²) in [6, 6.07) is 11.4. The van der Waals surface area contributed by atoms with Crippen LogP contribution in [0.4, 0.5) is 5.95 Å². The third-order valence-corrected chi connectivity index (χ3v) is 3.50. The van der Waals surface area contributed by atoms with Crippen LogP contribution < -0.4 is 10.5 Å². The summed E-state index contributed by atoms with van der Waals surface area (Å²) in [7, 11) is 1.68. The first kappa shape index (κ1) is 12.9. The van der Waals surface area contributed by atoms with Gasteiger partial charge >= 0.3 is 0 Å². The molecule has 0 unspecified atom stereocenters. The molecule has 1 aliphatic rings. The maximum absolute atomic E-state index is 12.2. The lowest BCUT2D eigenvalue weighted by Crippen LogP contribution is -2.26. The van der Waals surface area contributed by atoms with E-state index in [0.29, 0.717) is 13.2 Å². The highest BCUT2D eigenvalue weighted by Crippen LogP contribution is 2.21. The Kier molecular flexibility index (Phi) is 3.52. The van der Waals surface area contributed by atoms with E-state index in [1.165, 1.54) is 0 Å². The fourth-order valence-corrected chi connectivity index (χ4v) is 2.44. The summed E-state index contributed by atoms with van der Waals surface area (Å²) in [6.45, 7) is 2.89. The molecule has 2 heterocycles. The highest BCUT2D eigenvalue weighted by Gasteiger charge is 2.22. The molecular formula is C15H17N3O2. The van der Waals surface area contributed by atoms with Crippen LogP contribution in [0, 0.1) is 0 Å². The number of anilines is 1. The molecule has 0 bridgehead atoms. The lowest BCUT2D eigenvalue weighted by molar-refractivity contribution is 0.205. The minimum absolute atomic E-state index is 0.00812. The van der Waals surface area contributed by atoms with E-state index < -0.39 is 0 Å². The summed E-state index contributed by atoms with van der Waals surface area (Å²) in [6.07, 6.45) is 0. The molecule has 2 aromatic rings. The highest BCUT2D eigenvalue weighted by molar-refractivity contribution is 5.60. The Hall–Kier alpha value is -2.14. The van der Waals surface area contributed by atoms with Crippen LogP contribution in [0.1, 0.15) is 0 Å². The van der Waals surface area contributed by atoms with Crippen LogP contribution >= 0.6 is 0 Å². The Labute approximate surface area is 117 Å². The number of hydrogen-bond acceptors (Lipinski definition) is 4. The van der Waals surface area contributed by atoms with Crippen molar-refractivity contribution < 1.29 is 4.74 Å². The fraction of sp³-hybridized carbons (Fsp3) is 0.333. The molecule has 0 spiro atoms. The molecule has 5 nitrogen and oxygen atoms in total. The van der Waals surface area contributed by atoms with Crippen molar-refractivity contribution in [2.45, 2.75) is 6.54 Å². The lowest BCUT2D eigenvalue weighted by Gasteiger charge is -2.17. The first-order valence-corrected chi connectivity index (χ1v) is 6.71. The van der Waals surface area contributed by atoms with Crippen LogP contribution in [0.5, 0.6) is 0 Å². The number of hydrogen-bond donors (Lipinski definition) is 0. The monoisotopic (exact) mass is 271 g/mol. The van der Waals surface area contributed by atoms with E-state index in [2.05, 4.69) is 9.88 Å². The molecule has 3 rings (SSSR count). The van der Waals surface area contributed by atoms with Gasteiger partial charge in [-0.25, -0.2) is 4.98 Å². The zero-order chi connectivity index (χ0) is 13.9. The Bertz CT molecular complexity index is 652. The molecule has 20 heavy (non-hydrogen) atoms. The van der Waals surface area contributed by atoms with Gasteiger partial charge in [-0.2, -0.15) is 0 Å². The van der Waals surface area contributed by atoms with Crippen molar-refractivity contribution in [2.24, 2.45) is 0 Å². The van der Waals surface area contributed by atoms with E-state index in [4.69, 9.17) is 4.74 Å². The Morgan fingerprint density at radius 2 is 2.05 bits per heavy atom. The van der Waals surface area contributed by atoms with Gasteiger partial charge in [0.2, 0.25) is 5.95 Å². The van der Waals surface area contributed by atoms with Gasteiger partial charge in [-0.15, -0.1) is 0 Å². The number of benzene rings is 1. The van der Waals surface area contributed by atoms with Crippen molar-refractivity contribution >= 4 is 5.95 Å². The molecule has 5 heteroatoms. The molecule has 1 aliphatic heterocycles. The molecule has 0 N–H and O–H groups in total. The van der Waals surface area contributed by atoms with Gasteiger partial charge in [0.05, 0.1) is 12.3 Å². The Balaban J connectivity index is 2.00. The number of ether oxygens (including phenoxy) is 1. The van der Waals surface area contributed by atoms with Crippen molar-refractivity contribution in [1.29, 1.82) is 0 Å². The van der Waals surface area contributed by atoms with Crippen LogP contribution in [0.2, 0.25) is 0 Å². The summed E-state index contributed by atoms with van der Waals surface area (Å²) in [5.41, 5.74) is 1.70. The second kappa shape index (κ2) is 5.46. The number of aromatic nitrogens is 2. The maximum atomic E-state index is 12.2. The third kappa shape index (κ3) is 2.32. The number of fused-ring (bicyclic) bond motifs is 1. The molecular weight excluding hydrogens is 254 g/mol. The Morgan fingerprint density at radius 3 is 2.80 bits per heavy atom. The van der Waals surface area contributed by atoms with E-state index in [9.17, 15) is 4.79 Å². The summed E-state index contributed by atoms with van der Waals surface area (Å²) < 4.78 is 6.83. The van der Waals surface area contributed by atoms with E-state index >= 15 is 0 Å². The van der Waals surface area contributed by atoms with Gasteiger partial charge in [0.15, 0.2) is 0 Å². The van der Waals surface area contributed by atoms with Crippen LogP contribution in [-0.4, -0.2) is 36.4 Å². The van der Waals surface area contributed by atoms with Crippen LogP contribution in [0.15, 0.2) is 41.2 Å². The summed E-state index contributed by atoms with van der Waals surface area (Å²) in [4.78, 5) is 18.9. The molecule has 1 aromatic heterocycles. The normalized spacial score (nSPS) is 13.6. The first-order valence-electron chi connectivity index (χ1n) is 6.71. The average Bonchev–Trinajstić information content (AvgIpc) is 2.89. The first-order chi connectivity index (χ1) is 9.79. The minimum Gasteiger partial charge on any atom is -0.383 e. The third-order valence-electron chi connectivity index (χ3n) is 3.50. The van der Waals surface area contributed by atoms with Crippen LogP contribution in [-0.2, 0) is 11.3 Å².